The summed E-state index contributed by atoms with van der Waals surface area (Å²) >= 11 is 0. The maximum atomic E-state index is 12.0. The fourth-order valence-electron chi connectivity index (χ4n) is 3.90. The Hall–Kier alpha value is -0.980. The highest BCUT2D eigenvalue weighted by Crippen LogP contribution is 2.23. The van der Waals surface area contributed by atoms with Crippen LogP contribution in [0.4, 0.5) is 0 Å². The summed E-state index contributed by atoms with van der Waals surface area (Å²) in [7, 11) is 0. The van der Waals surface area contributed by atoms with Gasteiger partial charge in [0.15, 0.2) is 5.75 Å². The van der Waals surface area contributed by atoms with Crippen LogP contribution in [0.25, 0.3) is 0 Å². The van der Waals surface area contributed by atoms with Crippen LogP contribution < -0.4 is 0 Å². The second-order valence-corrected chi connectivity index (χ2v) is 8.39. The summed E-state index contributed by atoms with van der Waals surface area (Å²) in [4.78, 5) is 0. The maximum absolute atomic E-state index is 12.0. The van der Waals surface area contributed by atoms with Gasteiger partial charge in [0, 0.05) is 0 Å². The first-order valence-corrected chi connectivity index (χ1v) is 12.1. The Labute approximate surface area is 170 Å². The SMILES string of the molecule is CCCCCCCCCCCCCCc1ccc([O])c(CCCCCC)c1. The third kappa shape index (κ3) is 12.9. The molecule has 1 aromatic carbocycles. The van der Waals surface area contributed by atoms with Crippen molar-refractivity contribution in [2.75, 3.05) is 0 Å². The van der Waals surface area contributed by atoms with Crippen LogP contribution in [0.3, 0.4) is 0 Å². The summed E-state index contributed by atoms with van der Waals surface area (Å²) in [6.45, 7) is 4.51. The zero-order chi connectivity index (χ0) is 19.6. The van der Waals surface area contributed by atoms with Gasteiger partial charge in [-0.05, 0) is 42.9 Å². The molecule has 1 rings (SSSR count). The summed E-state index contributed by atoms with van der Waals surface area (Å²) in [5, 5.41) is 12.0. The molecule has 1 aromatic rings. The highest BCUT2D eigenvalue weighted by Gasteiger charge is 2.05. The molecule has 0 amide bonds. The predicted octanol–water partition coefficient (Wildman–Crippen LogP) is 9.20. The standard InChI is InChI=1S/C26H45O/c1-3-5-7-9-10-11-12-13-14-15-16-17-19-24-21-22-26(27)25(23-24)20-18-8-6-4-2/h21-23H,3-20H2,1-2H3. The smallest absolute Gasteiger partial charge is 0.181 e. The van der Waals surface area contributed by atoms with Crippen molar-refractivity contribution in [3.05, 3.63) is 29.3 Å². The van der Waals surface area contributed by atoms with Gasteiger partial charge < -0.3 is 0 Å². The normalized spacial score (nSPS) is 11.2. The van der Waals surface area contributed by atoms with E-state index in [1.54, 1.807) is 6.07 Å². The minimum absolute atomic E-state index is 0.241. The van der Waals surface area contributed by atoms with Gasteiger partial charge in [0.1, 0.15) is 0 Å². The van der Waals surface area contributed by atoms with Crippen LogP contribution >= 0.6 is 0 Å². The summed E-state index contributed by atoms with van der Waals surface area (Å²) in [6, 6.07) is 6.04. The Bertz CT molecular complexity index is 452. The van der Waals surface area contributed by atoms with E-state index >= 15 is 0 Å². The van der Waals surface area contributed by atoms with E-state index in [0.717, 1.165) is 24.8 Å². The second kappa shape index (κ2) is 17.1. The van der Waals surface area contributed by atoms with Gasteiger partial charge in [-0.15, -0.1) is 0 Å². The molecule has 0 fully saturated rings. The molecule has 0 aliphatic rings. The van der Waals surface area contributed by atoms with Crippen molar-refractivity contribution < 1.29 is 5.11 Å². The van der Waals surface area contributed by atoms with Crippen LogP contribution in [0, 0.1) is 0 Å². The minimum Gasteiger partial charge on any atom is -0.290 e. The molecule has 0 saturated heterocycles. The Kier molecular flexibility index (Phi) is 15.3. The van der Waals surface area contributed by atoms with Crippen LogP contribution in [0.5, 0.6) is 5.75 Å². The maximum Gasteiger partial charge on any atom is 0.181 e. The number of benzene rings is 1. The van der Waals surface area contributed by atoms with Gasteiger partial charge in [-0.1, -0.05) is 116 Å². The zero-order valence-corrected chi connectivity index (χ0v) is 18.4. The van der Waals surface area contributed by atoms with Gasteiger partial charge >= 0.3 is 0 Å². The van der Waals surface area contributed by atoms with E-state index in [9.17, 15) is 5.11 Å². The number of aryl methyl sites for hydroxylation is 2. The average molecular weight is 374 g/mol. The van der Waals surface area contributed by atoms with Gasteiger partial charge in [-0.3, -0.25) is 5.11 Å². The lowest BCUT2D eigenvalue weighted by molar-refractivity contribution is 0.349. The quantitative estimate of drug-likeness (QED) is 0.228. The van der Waals surface area contributed by atoms with E-state index < -0.39 is 0 Å². The van der Waals surface area contributed by atoms with E-state index in [4.69, 9.17) is 0 Å². The van der Waals surface area contributed by atoms with E-state index in [-0.39, 0.29) is 5.75 Å². The largest absolute Gasteiger partial charge is 0.290 e. The number of rotatable bonds is 18. The zero-order valence-electron chi connectivity index (χ0n) is 18.4. The lowest BCUT2D eigenvalue weighted by Gasteiger charge is -2.07. The van der Waals surface area contributed by atoms with Crippen molar-refractivity contribution in [1.29, 1.82) is 0 Å². The highest BCUT2D eigenvalue weighted by atomic mass is 16.3. The molecule has 155 valence electrons. The molecule has 1 heteroatoms. The second-order valence-electron chi connectivity index (χ2n) is 8.39. The molecular formula is C26H45O. The molecule has 0 aromatic heterocycles. The van der Waals surface area contributed by atoms with Gasteiger partial charge in [0.2, 0.25) is 0 Å². The molecule has 0 aliphatic carbocycles. The number of hydrogen-bond acceptors (Lipinski definition) is 0. The monoisotopic (exact) mass is 373 g/mol. The van der Waals surface area contributed by atoms with Crippen molar-refractivity contribution in [3.63, 3.8) is 0 Å². The van der Waals surface area contributed by atoms with E-state index in [2.05, 4.69) is 26.0 Å². The van der Waals surface area contributed by atoms with Gasteiger partial charge in [0.25, 0.3) is 0 Å². The Morgan fingerprint density at radius 1 is 0.556 bits per heavy atom. The molecule has 0 bridgehead atoms. The molecule has 0 N–H and O–H groups in total. The van der Waals surface area contributed by atoms with Gasteiger partial charge in [-0.2, -0.15) is 0 Å². The molecule has 0 heterocycles. The van der Waals surface area contributed by atoms with Crippen LogP contribution in [0.2, 0.25) is 0 Å². The lowest BCUT2D eigenvalue weighted by atomic mass is 9.99. The number of hydrogen-bond donors (Lipinski definition) is 0. The Balaban J connectivity index is 2.04. The van der Waals surface area contributed by atoms with Crippen molar-refractivity contribution in [1.82, 2.24) is 0 Å². The molecule has 0 saturated carbocycles. The van der Waals surface area contributed by atoms with E-state index in [1.165, 1.54) is 102 Å². The Morgan fingerprint density at radius 3 is 1.56 bits per heavy atom. The number of unbranched alkanes of at least 4 members (excludes halogenated alkanes) is 14. The molecule has 0 atom stereocenters. The molecule has 0 aliphatic heterocycles. The van der Waals surface area contributed by atoms with Crippen molar-refractivity contribution in [3.8, 4) is 5.75 Å². The average Bonchev–Trinajstić information content (AvgIpc) is 2.68. The van der Waals surface area contributed by atoms with Crippen LogP contribution in [0.1, 0.15) is 128 Å². The fraction of sp³-hybridized carbons (Fsp3) is 0.769. The van der Waals surface area contributed by atoms with Crippen molar-refractivity contribution in [2.24, 2.45) is 0 Å². The third-order valence-electron chi connectivity index (χ3n) is 5.74. The summed E-state index contributed by atoms with van der Waals surface area (Å²) < 4.78 is 0. The Morgan fingerprint density at radius 2 is 1.00 bits per heavy atom. The highest BCUT2D eigenvalue weighted by molar-refractivity contribution is 5.36. The summed E-state index contributed by atoms with van der Waals surface area (Å²) in [5.41, 5.74) is 2.41. The topological polar surface area (TPSA) is 19.9 Å². The molecule has 27 heavy (non-hydrogen) atoms. The molecule has 1 nitrogen and oxygen atoms in total. The summed E-state index contributed by atoms with van der Waals surface area (Å²) in [5.74, 6) is 0.241. The van der Waals surface area contributed by atoms with Crippen LogP contribution in [-0.2, 0) is 17.9 Å². The first-order chi connectivity index (χ1) is 13.3. The van der Waals surface area contributed by atoms with Crippen molar-refractivity contribution >= 4 is 0 Å². The fourth-order valence-corrected chi connectivity index (χ4v) is 3.90. The minimum atomic E-state index is 0.241. The van der Waals surface area contributed by atoms with E-state index in [1.807, 2.05) is 0 Å². The van der Waals surface area contributed by atoms with Crippen LogP contribution in [0.15, 0.2) is 18.2 Å². The summed E-state index contributed by atoms with van der Waals surface area (Å²) in [6.07, 6.45) is 23.8. The van der Waals surface area contributed by atoms with Crippen LogP contribution in [-0.4, -0.2) is 0 Å². The first kappa shape index (κ1) is 24.1. The van der Waals surface area contributed by atoms with E-state index in [0.29, 0.717) is 0 Å². The first-order valence-electron chi connectivity index (χ1n) is 12.1. The molecule has 0 unspecified atom stereocenters. The molecule has 0 spiro atoms. The molecular weight excluding hydrogens is 328 g/mol. The third-order valence-corrected chi connectivity index (χ3v) is 5.74. The van der Waals surface area contributed by atoms with Gasteiger partial charge in [-0.25, -0.2) is 0 Å². The predicted molar refractivity (Wildman–Crippen MR) is 119 cm³/mol. The lowest BCUT2D eigenvalue weighted by Crippen LogP contribution is -1.91. The van der Waals surface area contributed by atoms with Gasteiger partial charge in [0.05, 0.1) is 0 Å². The molecule has 1 radical (unpaired) electrons. The van der Waals surface area contributed by atoms with Crippen molar-refractivity contribution in [2.45, 2.75) is 129 Å².